The lowest BCUT2D eigenvalue weighted by molar-refractivity contribution is -0.144. The molecule has 1 aromatic heterocycles. The molecular formula is C9H11ClN2O4S2. The van der Waals surface area contributed by atoms with Crippen LogP contribution in [0, 0.1) is 5.92 Å². The molecule has 0 amide bonds. The first-order valence-corrected chi connectivity index (χ1v) is 7.78. The fourth-order valence-corrected chi connectivity index (χ4v) is 4.74. The number of nitrogens with zero attached hydrogens (tertiary/aromatic N) is 2. The first-order chi connectivity index (χ1) is 8.45. The Balaban J connectivity index is 2.16. The van der Waals surface area contributed by atoms with Crippen LogP contribution in [0.15, 0.2) is 10.4 Å². The van der Waals surface area contributed by atoms with Gasteiger partial charge in [-0.05, 0) is 6.42 Å². The van der Waals surface area contributed by atoms with Crippen molar-refractivity contribution in [3.63, 3.8) is 0 Å². The first-order valence-electron chi connectivity index (χ1n) is 5.14. The van der Waals surface area contributed by atoms with Crippen molar-refractivity contribution in [2.75, 3.05) is 20.2 Å². The van der Waals surface area contributed by atoms with Gasteiger partial charge < -0.3 is 4.74 Å². The van der Waals surface area contributed by atoms with E-state index in [0.717, 1.165) is 11.3 Å². The van der Waals surface area contributed by atoms with Crippen LogP contribution in [0.25, 0.3) is 0 Å². The van der Waals surface area contributed by atoms with Crippen molar-refractivity contribution in [2.45, 2.75) is 10.6 Å². The van der Waals surface area contributed by atoms with Crippen LogP contribution in [-0.4, -0.2) is 43.9 Å². The second-order valence-electron chi connectivity index (χ2n) is 3.80. The molecule has 6 nitrogen and oxygen atoms in total. The molecule has 1 aliphatic heterocycles. The molecule has 0 spiro atoms. The van der Waals surface area contributed by atoms with E-state index < -0.39 is 15.9 Å². The smallest absolute Gasteiger partial charge is 0.310 e. The number of rotatable bonds is 3. The van der Waals surface area contributed by atoms with Crippen LogP contribution in [0.5, 0.6) is 0 Å². The van der Waals surface area contributed by atoms with Crippen LogP contribution in [-0.2, 0) is 19.6 Å². The van der Waals surface area contributed by atoms with E-state index in [1.54, 1.807) is 0 Å². The van der Waals surface area contributed by atoms with E-state index >= 15 is 0 Å². The predicted molar refractivity (Wildman–Crippen MR) is 66.0 cm³/mol. The fraction of sp³-hybridized carbons (Fsp3) is 0.556. The van der Waals surface area contributed by atoms with Gasteiger partial charge in [0, 0.05) is 13.1 Å². The van der Waals surface area contributed by atoms with Gasteiger partial charge in [-0.3, -0.25) is 4.79 Å². The van der Waals surface area contributed by atoms with E-state index in [2.05, 4.69) is 9.72 Å². The zero-order chi connectivity index (χ0) is 13.3. The van der Waals surface area contributed by atoms with Gasteiger partial charge in [-0.15, -0.1) is 0 Å². The third-order valence-electron chi connectivity index (χ3n) is 2.74. The molecule has 1 aliphatic rings. The second-order valence-corrected chi connectivity index (χ2v) is 7.58. The van der Waals surface area contributed by atoms with E-state index in [1.165, 1.54) is 17.6 Å². The number of carbonyl (C=O) groups excluding carboxylic acids is 1. The van der Waals surface area contributed by atoms with E-state index in [0.29, 0.717) is 13.0 Å². The van der Waals surface area contributed by atoms with E-state index in [1.807, 2.05) is 0 Å². The third-order valence-corrected chi connectivity index (χ3v) is 6.15. The molecule has 0 aliphatic carbocycles. The van der Waals surface area contributed by atoms with Crippen molar-refractivity contribution in [3.05, 3.63) is 10.7 Å². The van der Waals surface area contributed by atoms with Gasteiger partial charge in [0.1, 0.15) is 0 Å². The van der Waals surface area contributed by atoms with Crippen molar-refractivity contribution < 1.29 is 17.9 Å². The highest BCUT2D eigenvalue weighted by Crippen LogP contribution is 2.29. The van der Waals surface area contributed by atoms with Crippen molar-refractivity contribution in [2.24, 2.45) is 5.92 Å². The Morgan fingerprint density at radius 2 is 2.39 bits per heavy atom. The monoisotopic (exact) mass is 310 g/mol. The van der Waals surface area contributed by atoms with Crippen LogP contribution in [0.4, 0.5) is 0 Å². The summed E-state index contributed by atoms with van der Waals surface area (Å²) < 4.78 is 30.5. The Kier molecular flexibility index (Phi) is 3.90. The average Bonchev–Trinajstić information content (AvgIpc) is 2.96. The zero-order valence-corrected chi connectivity index (χ0v) is 11.9. The maximum atomic E-state index is 12.2. The minimum atomic E-state index is -3.60. The number of hydrogen-bond donors (Lipinski definition) is 0. The molecule has 0 radical (unpaired) electrons. The lowest BCUT2D eigenvalue weighted by Crippen LogP contribution is -2.29. The van der Waals surface area contributed by atoms with Gasteiger partial charge in [0.05, 0.1) is 19.2 Å². The summed E-state index contributed by atoms with van der Waals surface area (Å²) in [4.78, 5) is 15.1. The summed E-state index contributed by atoms with van der Waals surface area (Å²) in [6.07, 6.45) is 1.70. The lowest BCUT2D eigenvalue weighted by Gasteiger charge is -2.14. The minimum absolute atomic E-state index is 0.0954. The number of thiazole rings is 1. The fourth-order valence-electron chi connectivity index (χ4n) is 1.79. The average molecular weight is 311 g/mol. The number of esters is 1. The van der Waals surface area contributed by atoms with E-state index in [4.69, 9.17) is 11.6 Å². The summed E-state index contributed by atoms with van der Waals surface area (Å²) in [6, 6.07) is 0. The van der Waals surface area contributed by atoms with Crippen LogP contribution < -0.4 is 0 Å². The molecule has 0 aromatic carbocycles. The largest absolute Gasteiger partial charge is 0.469 e. The number of sulfonamides is 1. The number of methoxy groups -OCH3 is 1. The molecule has 0 saturated carbocycles. The highest BCUT2D eigenvalue weighted by atomic mass is 35.5. The highest BCUT2D eigenvalue weighted by molar-refractivity contribution is 7.91. The third kappa shape index (κ3) is 2.51. The molecule has 1 aromatic rings. The zero-order valence-electron chi connectivity index (χ0n) is 9.50. The number of hydrogen-bond acceptors (Lipinski definition) is 6. The molecule has 100 valence electrons. The first kappa shape index (κ1) is 13.7. The van der Waals surface area contributed by atoms with Crippen LogP contribution in [0.3, 0.4) is 0 Å². The topological polar surface area (TPSA) is 76.6 Å². The maximum absolute atomic E-state index is 12.2. The van der Waals surface area contributed by atoms with Crippen molar-refractivity contribution >= 4 is 38.9 Å². The van der Waals surface area contributed by atoms with Crippen molar-refractivity contribution in [1.29, 1.82) is 0 Å². The van der Waals surface area contributed by atoms with Gasteiger partial charge >= 0.3 is 5.97 Å². The molecule has 1 fully saturated rings. The Labute approximate surface area is 114 Å². The second kappa shape index (κ2) is 5.12. The molecule has 9 heteroatoms. The van der Waals surface area contributed by atoms with Gasteiger partial charge in [-0.25, -0.2) is 13.4 Å². The Morgan fingerprint density at radius 1 is 1.67 bits per heavy atom. The summed E-state index contributed by atoms with van der Waals surface area (Å²) >= 11 is 6.53. The van der Waals surface area contributed by atoms with Crippen LogP contribution in [0.1, 0.15) is 6.42 Å². The van der Waals surface area contributed by atoms with Crippen molar-refractivity contribution in [3.8, 4) is 0 Å². The van der Waals surface area contributed by atoms with Gasteiger partial charge in [-0.2, -0.15) is 4.31 Å². The highest BCUT2D eigenvalue weighted by Gasteiger charge is 2.37. The van der Waals surface area contributed by atoms with Gasteiger partial charge in [0.2, 0.25) is 0 Å². The summed E-state index contributed by atoms with van der Waals surface area (Å²) in [6.45, 7) is 0.447. The van der Waals surface area contributed by atoms with Gasteiger partial charge in [0.25, 0.3) is 10.0 Å². The van der Waals surface area contributed by atoms with Crippen LogP contribution >= 0.6 is 22.9 Å². The summed E-state index contributed by atoms with van der Waals surface area (Å²) in [5, 5.41) is 0. The normalized spacial score (nSPS) is 21.1. The molecule has 1 atom stereocenters. The molecule has 2 rings (SSSR count). The van der Waals surface area contributed by atoms with E-state index in [-0.39, 0.29) is 21.2 Å². The van der Waals surface area contributed by atoms with Crippen molar-refractivity contribution in [1.82, 2.24) is 9.29 Å². The molecule has 1 unspecified atom stereocenters. The summed E-state index contributed by atoms with van der Waals surface area (Å²) in [5.41, 5.74) is 0. The quantitative estimate of drug-likeness (QED) is 0.778. The Hall–Kier alpha value is -0.700. The Morgan fingerprint density at radius 3 is 2.94 bits per heavy atom. The minimum Gasteiger partial charge on any atom is -0.469 e. The number of halogens is 1. The summed E-state index contributed by atoms with van der Waals surface area (Å²) in [7, 11) is -2.30. The number of ether oxygens (including phenoxy) is 1. The molecule has 1 saturated heterocycles. The number of aromatic nitrogens is 1. The lowest BCUT2D eigenvalue weighted by atomic mass is 10.1. The van der Waals surface area contributed by atoms with Gasteiger partial charge in [0.15, 0.2) is 8.68 Å². The molecule has 0 bridgehead atoms. The molecular weight excluding hydrogens is 300 g/mol. The SMILES string of the molecule is COC(=O)C1CCN(S(=O)(=O)c2cnc(Cl)s2)C1. The molecule has 2 heterocycles. The summed E-state index contributed by atoms with van der Waals surface area (Å²) in [5.74, 6) is -0.775. The standard InChI is InChI=1S/C9H11ClN2O4S2/c1-16-8(13)6-2-3-12(5-6)18(14,15)7-4-11-9(10)17-7/h4,6H,2-3,5H2,1H3. The maximum Gasteiger partial charge on any atom is 0.310 e. The van der Waals surface area contributed by atoms with Crippen LogP contribution in [0.2, 0.25) is 4.47 Å². The predicted octanol–water partition coefficient (Wildman–Crippen LogP) is 0.980. The molecule has 0 N–H and O–H groups in total. The van der Waals surface area contributed by atoms with Gasteiger partial charge in [-0.1, -0.05) is 22.9 Å². The number of carbonyl (C=O) groups is 1. The Bertz CT molecular complexity index is 557. The molecule has 18 heavy (non-hydrogen) atoms. The van der Waals surface area contributed by atoms with E-state index in [9.17, 15) is 13.2 Å².